The molecule has 0 aliphatic heterocycles. The molecule has 0 spiro atoms. The van der Waals surface area contributed by atoms with Crippen LogP contribution >= 0.6 is 15.9 Å². The molecule has 1 aliphatic rings. The van der Waals surface area contributed by atoms with Gasteiger partial charge in [0, 0.05) is 16.1 Å². The van der Waals surface area contributed by atoms with Crippen LogP contribution in [0.25, 0.3) is 0 Å². The highest BCUT2D eigenvalue weighted by atomic mass is 79.9. The van der Waals surface area contributed by atoms with E-state index in [0.717, 1.165) is 17.3 Å². The van der Waals surface area contributed by atoms with Gasteiger partial charge in [0.1, 0.15) is 0 Å². The monoisotopic (exact) mass is 338 g/mol. The van der Waals surface area contributed by atoms with Gasteiger partial charge in [0.15, 0.2) is 0 Å². The van der Waals surface area contributed by atoms with Gasteiger partial charge in [-0.2, -0.15) is 0 Å². The van der Waals surface area contributed by atoms with Crippen molar-refractivity contribution in [1.29, 1.82) is 0 Å². The van der Waals surface area contributed by atoms with Crippen LogP contribution in [-0.4, -0.2) is 11.9 Å². The van der Waals surface area contributed by atoms with Gasteiger partial charge < -0.3 is 0 Å². The van der Waals surface area contributed by atoms with Crippen LogP contribution in [0.15, 0.2) is 28.7 Å². The number of hydrazine groups is 1. The molecule has 2 rings (SSSR count). The molecule has 1 aliphatic carbocycles. The number of hydrogen-bond donors (Lipinski definition) is 2. The van der Waals surface area contributed by atoms with Gasteiger partial charge in [0.05, 0.1) is 0 Å². The third-order valence-corrected chi connectivity index (χ3v) is 4.41. The van der Waals surface area contributed by atoms with E-state index >= 15 is 0 Å². The number of halogens is 1. The van der Waals surface area contributed by atoms with Crippen molar-refractivity contribution in [2.45, 2.75) is 46.1 Å². The van der Waals surface area contributed by atoms with E-state index in [1.807, 2.05) is 24.3 Å². The van der Waals surface area contributed by atoms with Crippen molar-refractivity contribution in [2.75, 3.05) is 0 Å². The highest BCUT2D eigenvalue weighted by Gasteiger charge is 2.32. The fourth-order valence-electron chi connectivity index (χ4n) is 3.30. The zero-order valence-electron chi connectivity index (χ0n) is 12.4. The first-order valence-electron chi connectivity index (χ1n) is 7.17. The van der Waals surface area contributed by atoms with E-state index in [1.54, 1.807) is 0 Å². The maximum Gasteiger partial charge on any atom is 0.265 e. The minimum absolute atomic E-state index is 0.0754. The number of amides is 1. The largest absolute Gasteiger partial charge is 0.287 e. The molecule has 0 saturated heterocycles. The Hall–Kier alpha value is -0.870. The Bertz CT molecular complexity index is 470. The van der Waals surface area contributed by atoms with Crippen LogP contribution in [0.4, 0.5) is 0 Å². The van der Waals surface area contributed by atoms with E-state index in [4.69, 9.17) is 0 Å². The van der Waals surface area contributed by atoms with Crippen LogP contribution in [0.2, 0.25) is 0 Å². The first-order chi connectivity index (χ1) is 9.35. The van der Waals surface area contributed by atoms with E-state index in [9.17, 15) is 4.79 Å². The van der Waals surface area contributed by atoms with Crippen LogP contribution in [0.1, 0.15) is 50.4 Å². The van der Waals surface area contributed by atoms with E-state index in [0.29, 0.717) is 22.9 Å². The quantitative estimate of drug-likeness (QED) is 0.820. The van der Waals surface area contributed by atoms with Crippen molar-refractivity contribution in [3.8, 4) is 0 Å². The standard InChI is InChI=1S/C16H23BrN2O/c1-11-8-14(10-16(2,3)9-11)18-19-15(20)12-4-6-13(17)7-5-12/h4-7,11,14,18H,8-10H2,1-3H3,(H,19,20)/t11-,14-/m0/s1. The summed E-state index contributed by atoms with van der Waals surface area (Å²) in [6.45, 7) is 6.88. The van der Waals surface area contributed by atoms with Crippen LogP contribution in [0.5, 0.6) is 0 Å². The van der Waals surface area contributed by atoms with Crippen LogP contribution < -0.4 is 10.9 Å². The molecule has 4 heteroatoms. The molecular weight excluding hydrogens is 316 g/mol. The summed E-state index contributed by atoms with van der Waals surface area (Å²) in [7, 11) is 0. The topological polar surface area (TPSA) is 41.1 Å². The maximum atomic E-state index is 12.1. The lowest BCUT2D eigenvalue weighted by Crippen LogP contribution is -2.48. The second kappa shape index (κ2) is 6.27. The number of nitrogens with one attached hydrogen (secondary N) is 2. The molecule has 3 nitrogen and oxygen atoms in total. The normalized spacial score (nSPS) is 25.2. The summed E-state index contributed by atoms with van der Waals surface area (Å²) >= 11 is 3.37. The Morgan fingerprint density at radius 1 is 1.25 bits per heavy atom. The van der Waals surface area contributed by atoms with Crippen molar-refractivity contribution >= 4 is 21.8 Å². The Morgan fingerprint density at radius 3 is 2.50 bits per heavy atom. The van der Waals surface area contributed by atoms with Crippen molar-refractivity contribution in [1.82, 2.24) is 10.9 Å². The lowest BCUT2D eigenvalue weighted by molar-refractivity contribution is 0.0883. The molecule has 110 valence electrons. The zero-order valence-corrected chi connectivity index (χ0v) is 14.0. The summed E-state index contributed by atoms with van der Waals surface area (Å²) in [5, 5.41) is 0. The van der Waals surface area contributed by atoms with Crippen molar-refractivity contribution in [3.05, 3.63) is 34.3 Å². The summed E-state index contributed by atoms with van der Waals surface area (Å²) in [6.07, 6.45) is 3.47. The molecule has 0 unspecified atom stereocenters. The van der Waals surface area contributed by atoms with Crippen molar-refractivity contribution in [2.24, 2.45) is 11.3 Å². The van der Waals surface area contributed by atoms with E-state index in [1.165, 1.54) is 6.42 Å². The molecule has 0 radical (unpaired) electrons. The first-order valence-corrected chi connectivity index (χ1v) is 7.96. The van der Waals surface area contributed by atoms with Crippen molar-refractivity contribution in [3.63, 3.8) is 0 Å². The molecule has 1 aromatic carbocycles. The minimum atomic E-state index is -0.0754. The molecular formula is C16H23BrN2O. The number of benzene rings is 1. The molecule has 20 heavy (non-hydrogen) atoms. The van der Waals surface area contributed by atoms with Crippen molar-refractivity contribution < 1.29 is 4.79 Å². The predicted octanol–water partition coefficient (Wildman–Crippen LogP) is 3.90. The highest BCUT2D eigenvalue weighted by Crippen LogP contribution is 2.38. The molecule has 1 fully saturated rings. The van der Waals surface area contributed by atoms with Gasteiger partial charge in [-0.25, -0.2) is 5.43 Å². The smallest absolute Gasteiger partial charge is 0.265 e. The van der Waals surface area contributed by atoms with Gasteiger partial charge in [-0.3, -0.25) is 10.2 Å². The first kappa shape index (κ1) is 15.5. The molecule has 2 N–H and O–H groups in total. The number of carbonyl (C=O) groups excluding carboxylic acids is 1. The summed E-state index contributed by atoms with van der Waals surface area (Å²) in [4.78, 5) is 12.1. The van der Waals surface area contributed by atoms with Crippen LogP contribution in [-0.2, 0) is 0 Å². The van der Waals surface area contributed by atoms with Gasteiger partial charge in [0.25, 0.3) is 5.91 Å². The highest BCUT2D eigenvalue weighted by molar-refractivity contribution is 9.10. The molecule has 1 saturated carbocycles. The van der Waals surface area contributed by atoms with Gasteiger partial charge >= 0.3 is 0 Å². The predicted molar refractivity (Wildman–Crippen MR) is 85.3 cm³/mol. The van der Waals surface area contributed by atoms with Crippen LogP contribution in [0.3, 0.4) is 0 Å². The number of hydrogen-bond acceptors (Lipinski definition) is 2. The lowest BCUT2D eigenvalue weighted by atomic mass is 9.71. The Balaban J connectivity index is 1.88. The van der Waals surface area contributed by atoms with E-state index in [2.05, 4.69) is 47.6 Å². The summed E-state index contributed by atoms with van der Waals surface area (Å²) in [5.74, 6) is 0.620. The molecule has 2 atom stereocenters. The average Bonchev–Trinajstić information content (AvgIpc) is 2.34. The second-order valence-electron chi connectivity index (χ2n) is 6.72. The molecule has 0 bridgehead atoms. The molecule has 0 aromatic heterocycles. The Kier molecular flexibility index (Phi) is 4.86. The second-order valence-corrected chi connectivity index (χ2v) is 7.63. The Labute approximate surface area is 129 Å². The third kappa shape index (κ3) is 4.32. The summed E-state index contributed by atoms with van der Waals surface area (Å²) < 4.78 is 0.977. The fraction of sp³-hybridized carbons (Fsp3) is 0.562. The number of carbonyl (C=O) groups is 1. The molecule has 0 heterocycles. The van der Waals surface area contributed by atoms with Gasteiger partial charge in [-0.15, -0.1) is 0 Å². The van der Waals surface area contributed by atoms with Crippen LogP contribution in [0, 0.1) is 11.3 Å². The average molecular weight is 339 g/mol. The van der Waals surface area contributed by atoms with Gasteiger partial charge in [-0.1, -0.05) is 36.7 Å². The minimum Gasteiger partial charge on any atom is -0.287 e. The fourth-order valence-corrected chi connectivity index (χ4v) is 3.56. The summed E-state index contributed by atoms with van der Waals surface area (Å²) in [5.41, 5.74) is 7.07. The Morgan fingerprint density at radius 2 is 1.90 bits per heavy atom. The SMILES string of the molecule is C[C@H]1C[C@H](NNC(=O)c2ccc(Br)cc2)CC(C)(C)C1. The molecule has 1 aromatic rings. The maximum absolute atomic E-state index is 12.1. The third-order valence-electron chi connectivity index (χ3n) is 3.88. The molecule has 1 amide bonds. The summed E-state index contributed by atoms with van der Waals surface area (Å²) in [6, 6.07) is 7.73. The van der Waals surface area contributed by atoms with Gasteiger partial charge in [0.2, 0.25) is 0 Å². The van der Waals surface area contributed by atoms with E-state index in [-0.39, 0.29) is 5.91 Å². The van der Waals surface area contributed by atoms with E-state index < -0.39 is 0 Å². The zero-order chi connectivity index (χ0) is 14.8. The lowest BCUT2D eigenvalue weighted by Gasteiger charge is -2.39. The van der Waals surface area contributed by atoms with Gasteiger partial charge in [-0.05, 0) is 54.9 Å². The number of rotatable bonds is 3.